The van der Waals surface area contributed by atoms with Gasteiger partial charge in [0.2, 0.25) is 0 Å². The summed E-state index contributed by atoms with van der Waals surface area (Å²) in [5.41, 5.74) is 0. The summed E-state index contributed by atoms with van der Waals surface area (Å²) in [5, 5.41) is 11.0. The molecular formula is C12H19NO5. The summed E-state index contributed by atoms with van der Waals surface area (Å²) in [5.74, 6) is -3.24. The van der Waals surface area contributed by atoms with Crippen LogP contribution in [0.4, 0.5) is 0 Å². The average molecular weight is 257 g/mol. The molecule has 18 heavy (non-hydrogen) atoms. The number of carboxylic acids is 1. The van der Waals surface area contributed by atoms with E-state index >= 15 is 0 Å². The number of nitrogens with one attached hydrogen (secondary N) is 1. The zero-order valence-corrected chi connectivity index (χ0v) is 10.5. The Labute approximate surface area is 106 Å². The number of carbonyl (C=O) groups excluding carboxylic acids is 2. The normalized spacial score (nSPS) is 11.4. The van der Waals surface area contributed by atoms with Crippen LogP contribution in [0.25, 0.3) is 0 Å². The predicted molar refractivity (Wildman–Crippen MR) is 64.9 cm³/mol. The van der Waals surface area contributed by atoms with Gasteiger partial charge in [-0.3, -0.25) is 4.79 Å². The number of allylic oxidation sites excluding steroid dienone is 1. The molecule has 0 radical (unpaired) electrons. The quantitative estimate of drug-likeness (QED) is 0.291. The molecule has 0 fully saturated rings. The standard InChI is InChI=1S/C12H19NO5/c1-3-5-6-7-8-9(11(15)16)13-10(14)12(17)18-4-2/h3,9H,1,4-8H2,2H3,(H,13,14)(H,15,16). The second kappa shape index (κ2) is 9.21. The maximum absolute atomic E-state index is 11.3. The van der Waals surface area contributed by atoms with Gasteiger partial charge in [-0.05, 0) is 26.2 Å². The lowest BCUT2D eigenvalue weighted by molar-refractivity contribution is -0.156. The number of amides is 1. The molecule has 0 heterocycles. The van der Waals surface area contributed by atoms with Crippen LogP contribution >= 0.6 is 0 Å². The largest absolute Gasteiger partial charge is 0.480 e. The molecular weight excluding hydrogens is 238 g/mol. The van der Waals surface area contributed by atoms with E-state index in [1.54, 1.807) is 13.0 Å². The summed E-state index contributed by atoms with van der Waals surface area (Å²) in [7, 11) is 0. The summed E-state index contributed by atoms with van der Waals surface area (Å²) >= 11 is 0. The number of rotatable bonds is 8. The maximum atomic E-state index is 11.3. The Hall–Kier alpha value is -1.85. The fourth-order valence-corrected chi connectivity index (χ4v) is 1.31. The van der Waals surface area contributed by atoms with E-state index in [1.165, 1.54) is 0 Å². The van der Waals surface area contributed by atoms with E-state index < -0.39 is 23.9 Å². The highest BCUT2D eigenvalue weighted by Crippen LogP contribution is 2.04. The van der Waals surface area contributed by atoms with Gasteiger partial charge in [0.25, 0.3) is 0 Å². The summed E-state index contributed by atoms with van der Waals surface area (Å²) in [6.45, 7) is 5.19. The topological polar surface area (TPSA) is 92.7 Å². The molecule has 0 saturated carbocycles. The highest BCUT2D eigenvalue weighted by Gasteiger charge is 2.23. The zero-order valence-electron chi connectivity index (χ0n) is 10.5. The molecule has 0 rings (SSSR count). The first kappa shape index (κ1) is 16.1. The van der Waals surface area contributed by atoms with E-state index in [9.17, 15) is 14.4 Å². The predicted octanol–water partition coefficient (Wildman–Crippen LogP) is 0.865. The maximum Gasteiger partial charge on any atom is 0.396 e. The number of ether oxygens (including phenoxy) is 1. The summed E-state index contributed by atoms with van der Waals surface area (Å²) in [6, 6.07) is -1.06. The minimum Gasteiger partial charge on any atom is -0.480 e. The summed E-state index contributed by atoms with van der Waals surface area (Å²) in [4.78, 5) is 33.2. The van der Waals surface area contributed by atoms with E-state index in [1.807, 2.05) is 0 Å². The minimum atomic E-state index is -1.16. The van der Waals surface area contributed by atoms with Gasteiger partial charge in [-0.1, -0.05) is 12.5 Å². The molecule has 2 N–H and O–H groups in total. The van der Waals surface area contributed by atoms with Crippen molar-refractivity contribution in [2.45, 2.75) is 38.6 Å². The van der Waals surface area contributed by atoms with E-state index in [0.717, 1.165) is 12.8 Å². The number of hydrogen-bond acceptors (Lipinski definition) is 4. The Morgan fingerprint density at radius 2 is 2.06 bits per heavy atom. The lowest BCUT2D eigenvalue weighted by atomic mass is 10.1. The first-order valence-electron chi connectivity index (χ1n) is 5.84. The molecule has 0 aliphatic heterocycles. The smallest absolute Gasteiger partial charge is 0.396 e. The molecule has 0 aromatic carbocycles. The lowest BCUT2D eigenvalue weighted by Gasteiger charge is -2.13. The van der Waals surface area contributed by atoms with Crippen molar-refractivity contribution >= 4 is 17.8 Å². The zero-order chi connectivity index (χ0) is 14.0. The highest BCUT2D eigenvalue weighted by atomic mass is 16.5. The van der Waals surface area contributed by atoms with Crippen molar-refractivity contribution in [1.29, 1.82) is 0 Å². The highest BCUT2D eigenvalue weighted by molar-refractivity contribution is 6.32. The Morgan fingerprint density at radius 1 is 1.39 bits per heavy atom. The molecule has 1 amide bonds. The molecule has 0 spiro atoms. The van der Waals surface area contributed by atoms with Crippen LogP contribution in [0.5, 0.6) is 0 Å². The Kier molecular flexibility index (Phi) is 8.26. The van der Waals surface area contributed by atoms with Gasteiger partial charge in [-0.15, -0.1) is 6.58 Å². The van der Waals surface area contributed by atoms with Gasteiger partial charge < -0.3 is 15.2 Å². The van der Waals surface area contributed by atoms with Crippen LogP contribution in [-0.2, 0) is 19.1 Å². The van der Waals surface area contributed by atoms with Crippen LogP contribution in [0, 0.1) is 0 Å². The van der Waals surface area contributed by atoms with Crippen LogP contribution in [0.1, 0.15) is 32.6 Å². The van der Waals surface area contributed by atoms with Crippen LogP contribution < -0.4 is 5.32 Å². The van der Waals surface area contributed by atoms with Crippen molar-refractivity contribution in [1.82, 2.24) is 5.32 Å². The van der Waals surface area contributed by atoms with Crippen LogP contribution in [0.2, 0.25) is 0 Å². The number of carboxylic acid groups (broad SMARTS) is 1. The van der Waals surface area contributed by atoms with Crippen molar-refractivity contribution < 1.29 is 24.2 Å². The van der Waals surface area contributed by atoms with Gasteiger partial charge in [0.15, 0.2) is 0 Å². The van der Waals surface area contributed by atoms with Gasteiger partial charge in [-0.25, -0.2) is 9.59 Å². The Bertz CT molecular complexity index is 314. The Morgan fingerprint density at radius 3 is 2.56 bits per heavy atom. The first-order chi connectivity index (χ1) is 8.52. The number of aliphatic carboxylic acids is 1. The minimum absolute atomic E-state index is 0.0727. The van der Waals surface area contributed by atoms with Gasteiger partial charge in [0, 0.05) is 0 Å². The SMILES string of the molecule is C=CCCCCC(NC(=O)C(=O)OCC)C(=O)O. The molecule has 0 aliphatic carbocycles. The molecule has 1 unspecified atom stereocenters. The lowest BCUT2D eigenvalue weighted by Crippen LogP contribution is -2.44. The molecule has 0 bridgehead atoms. The molecule has 0 aromatic heterocycles. The third-order valence-corrected chi connectivity index (χ3v) is 2.22. The Balaban J connectivity index is 4.18. The number of hydrogen-bond donors (Lipinski definition) is 2. The third kappa shape index (κ3) is 6.67. The van der Waals surface area contributed by atoms with E-state index in [2.05, 4.69) is 16.6 Å². The number of carbonyl (C=O) groups is 3. The molecule has 102 valence electrons. The van der Waals surface area contributed by atoms with Crippen LogP contribution in [-0.4, -0.2) is 35.6 Å². The fourth-order valence-electron chi connectivity index (χ4n) is 1.31. The first-order valence-corrected chi connectivity index (χ1v) is 5.84. The van der Waals surface area contributed by atoms with Gasteiger partial charge in [0.1, 0.15) is 6.04 Å². The van der Waals surface area contributed by atoms with Crippen LogP contribution in [0.15, 0.2) is 12.7 Å². The monoisotopic (exact) mass is 257 g/mol. The van der Waals surface area contributed by atoms with Gasteiger partial charge >= 0.3 is 17.8 Å². The van der Waals surface area contributed by atoms with Crippen molar-refractivity contribution in [3.63, 3.8) is 0 Å². The second-order valence-corrected chi connectivity index (χ2v) is 3.66. The summed E-state index contributed by atoms with van der Waals surface area (Å²) in [6.07, 6.45) is 4.23. The number of unbranched alkanes of at least 4 members (excludes halogenated alkanes) is 2. The molecule has 0 saturated heterocycles. The van der Waals surface area contributed by atoms with Crippen molar-refractivity contribution in [2.75, 3.05) is 6.61 Å². The third-order valence-electron chi connectivity index (χ3n) is 2.22. The van der Waals surface area contributed by atoms with Crippen LogP contribution in [0.3, 0.4) is 0 Å². The molecule has 6 nitrogen and oxygen atoms in total. The van der Waals surface area contributed by atoms with Crippen molar-refractivity contribution in [3.05, 3.63) is 12.7 Å². The molecule has 0 aliphatic rings. The van der Waals surface area contributed by atoms with Gasteiger partial charge in [0.05, 0.1) is 6.61 Å². The summed E-state index contributed by atoms with van der Waals surface area (Å²) < 4.78 is 4.47. The molecule has 6 heteroatoms. The van der Waals surface area contributed by atoms with E-state index in [-0.39, 0.29) is 13.0 Å². The van der Waals surface area contributed by atoms with Crippen molar-refractivity contribution in [3.8, 4) is 0 Å². The van der Waals surface area contributed by atoms with E-state index in [4.69, 9.17) is 5.11 Å². The van der Waals surface area contributed by atoms with Crippen molar-refractivity contribution in [2.24, 2.45) is 0 Å². The molecule has 0 aromatic rings. The molecule has 1 atom stereocenters. The fraction of sp³-hybridized carbons (Fsp3) is 0.583. The average Bonchev–Trinajstić information content (AvgIpc) is 2.32. The second-order valence-electron chi connectivity index (χ2n) is 3.66. The number of esters is 1. The van der Waals surface area contributed by atoms with E-state index in [0.29, 0.717) is 6.42 Å². The van der Waals surface area contributed by atoms with Gasteiger partial charge in [-0.2, -0.15) is 0 Å².